The molecule has 1 unspecified atom stereocenters. The first kappa shape index (κ1) is 29.2. The molecular weight excluding hydrogens is 570 g/mol. The summed E-state index contributed by atoms with van der Waals surface area (Å²) in [6.07, 6.45) is 1.30. The number of anilines is 1. The molecule has 0 aliphatic carbocycles. The van der Waals surface area contributed by atoms with Gasteiger partial charge in [0.2, 0.25) is 21.8 Å². The Morgan fingerprint density at radius 3 is 2.29 bits per heavy atom. The Morgan fingerprint density at radius 2 is 1.68 bits per heavy atom. The molecule has 38 heavy (non-hydrogen) atoms. The highest BCUT2D eigenvalue weighted by molar-refractivity contribution is 9.10. The molecule has 10 heteroatoms. The summed E-state index contributed by atoms with van der Waals surface area (Å²) in [5.74, 6) is -0.556. The van der Waals surface area contributed by atoms with Gasteiger partial charge < -0.3 is 15.0 Å². The number of nitrogens with one attached hydrogen (secondary N) is 1. The average molecular weight is 603 g/mol. The molecule has 8 nitrogen and oxygen atoms in total. The van der Waals surface area contributed by atoms with Crippen molar-refractivity contribution in [1.29, 1.82) is 0 Å². The molecule has 0 fully saturated rings. The molecular formula is C28H32BrN3O5S. The standard InChI is InChI=1S/C28H32BrN3O5S/c1-20-13-14-26(37-3)24(15-20)32(38(4,35)36)19-27(33)31(18-22-11-8-12-23(29)16-22)25(28(34)30-2)17-21-9-6-5-7-10-21/h5-16,25H,17-19H2,1-4H3,(H,30,34). The zero-order chi connectivity index (χ0) is 27.9. The minimum atomic E-state index is -3.89. The van der Waals surface area contributed by atoms with Crippen LogP contribution in [0.4, 0.5) is 5.69 Å². The van der Waals surface area contributed by atoms with E-state index in [4.69, 9.17) is 4.74 Å². The fraction of sp³-hybridized carbons (Fsp3) is 0.286. The number of ether oxygens (including phenoxy) is 1. The van der Waals surface area contributed by atoms with E-state index in [1.165, 1.54) is 19.1 Å². The van der Waals surface area contributed by atoms with E-state index in [1.54, 1.807) is 18.2 Å². The third-order valence-electron chi connectivity index (χ3n) is 6.04. The molecule has 0 heterocycles. The van der Waals surface area contributed by atoms with Gasteiger partial charge in [0, 0.05) is 24.5 Å². The van der Waals surface area contributed by atoms with Crippen molar-refractivity contribution >= 4 is 43.5 Å². The lowest BCUT2D eigenvalue weighted by atomic mass is 10.0. The van der Waals surface area contributed by atoms with E-state index < -0.39 is 28.5 Å². The summed E-state index contributed by atoms with van der Waals surface area (Å²) in [6, 6.07) is 21.0. The summed E-state index contributed by atoms with van der Waals surface area (Å²) in [5, 5.41) is 2.66. The van der Waals surface area contributed by atoms with E-state index >= 15 is 0 Å². The number of carbonyl (C=O) groups is 2. The van der Waals surface area contributed by atoms with Crippen molar-refractivity contribution in [3.63, 3.8) is 0 Å². The van der Waals surface area contributed by atoms with Crippen LogP contribution in [-0.2, 0) is 32.6 Å². The highest BCUT2D eigenvalue weighted by Crippen LogP contribution is 2.31. The number of methoxy groups -OCH3 is 1. The van der Waals surface area contributed by atoms with Gasteiger partial charge in [0.15, 0.2) is 0 Å². The highest BCUT2D eigenvalue weighted by Gasteiger charge is 2.33. The van der Waals surface area contributed by atoms with Gasteiger partial charge in [-0.25, -0.2) is 8.42 Å². The van der Waals surface area contributed by atoms with Crippen molar-refractivity contribution in [2.45, 2.75) is 25.9 Å². The smallest absolute Gasteiger partial charge is 0.244 e. The Hall–Kier alpha value is -3.37. The van der Waals surface area contributed by atoms with Crippen LogP contribution in [0.5, 0.6) is 5.75 Å². The maximum Gasteiger partial charge on any atom is 0.244 e. The minimum absolute atomic E-state index is 0.103. The van der Waals surface area contributed by atoms with E-state index in [0.29, 0.717) is 5.75 Å². The number of aryl methyl sites for hydroxylation is 1. The highest BCUT2D eigenvalue weighted by atomic mass is 79.9. The Labute approximate surface area is 232 Å². The third-order valence-corrected chi connectivity index (χ3v) is 7.66. The lowest BCUT2D eigenvalue weighted by Crippen LogP contribution is -2.52. The molecule has 2 amide bonds. The molecule has 3 aromatic rings. The molecule has 3 rings (SSSR count). The zero-order valence-electron chi connectivity index (χ0n) is 21.8. The summed E-state index contributed by atoms with van der Waals surface area (Å²) in [6.45, 7) is 1.42. The van der Waals surface area contributed by atoms with Crippen LogP contribution in [0.2, 0.25) is 0 Å². The quantitative estimate of drug-likeness (QED) is 0.359. The van der Waals surface area contributed by atoms with Crippen molar-refractivity contribution in [2.24, 2.45) is 0 Å². The summed E-state index contributed by atoms with van der Waals surface area (Å²) in [5.41, 5.74) is 2.72. The van der Waals surface area contributed by atoms with E-state index in [9.17, 15) is 18.0 Å². The maximum atomic E-state index is 14.0. The number of hydrogen-bond donors (Lipinski definition) is 1. The van der Waals surface area contributed by atoms with Gasteiger partial charge in [-0.1, -0.05) is 64.5 Å². The molecule has 0 saturated carbocycles. The molecule has 1 N–H and O–H groups in total. The monoisotopic (exact) mass is 601 g/mol. The van der Waals surface area contributed by atoms with Gasteiger partial charge in [-0.15, -0.1) is 0 Å². The fourth-order valence-corrected chi connectivity index (χ4v) is 5.43. The number of amides is 2. The van der Waals surface area contributed by atoms with Crippen LogP contribution in [0.1, 0.15) is 16.7 Å². The number of halogens is 1. The number of hydrogen-bond acceptors (Lipinski definition) is 5. The SMILES string of the molecule is CNC(=O)C(Cc1ccccc1)N(Cc1cccc(Br)c1)C(=O)CN(c1cc(C)ccc1OC)S(C)(=O)=O. The first-order valence-corrected chi connectivity index (χ1v) is 14.6. The normalized spacial score (nSPS) is 11.9. The topological polar surface area (TPSA) is 96.0 Å². The van der Waals surface area contributed by atoms with Crippen molar-refractivity contribution in [1.82, 2.24) is 10.2 Å². The zero-order valence-corrected chi connectivity index (χ0v) is 24.3. The van der Waals surface area contributed by atoms with Crippen LogP contribution >= 0.6 is 15.9 Å². The summed E-state index contributed by atoms with van der Waals surface area (Å²) < 4.78 is 33.1. The van der Waals surface area contributed by atoms with Gasteiger partial charge in [0.25, 0.3) is 0 Å². The van der Waals surface area contributed by atoms with E-state index in [2.05, 4.69) is 21.2 Å². The molecule has 0 aliphatic heterocycles. The lowest BCUT2D eigenvalue weighted by molar-refractivity contribution is -0.139. The Morgan fingerprint density at radius 1 is 1.00 bits per heavy atom. The first-order chi connectivity index (χ1) is 18.0. The summed E-state index contributed by atoms with van der Waals surface area (Å²) in [4.78, 5) is 28.6. The second kappa shape index (κ2) is 12.9. The van der Waals surface area contributed by atoms with E-state index in [1.807, 2.05) is 61.5 Å². The largest absolute Gasteiger partial charge is 0.495 e. The first-order valence-electron chi connectivity index (χ1n) is 11.9. The van der Waals surface area contributed by atoms with Gasteiger partial charge in [0.05, 0.1) is 19.1 Å². The second-order valence-electron chi connectivity index (χ2n) is 8.92. The van der Waals surface area contributed by atoms with Gasteiger partial charge in [-0.3, -0.25) is 13.9 Å². The van der Waals surface area contributed by atoms with Crippen molar-refractivity contribution < 1.29 is 22.7 Å². The van der Waals surface area contributed by atoms with E-state index in [0.717, 1.165) is 31.7 Å². The minimum Gasteiger partial charge on any atom is -0.495 e. The van der Waals surface area contributed by atoms with Crippen molar-refractivity contribution in [3.05, 3.63) is 94.0 Å². The molecule has 0 aliphatic rings. The third kappa shape index (κ3) is 7.58. The maximum absolute atomic E-state index is 14.0. The number of likely N-dealkylation sites (N-methyl/N-ethyl adjacent to an activating group) is 1. The second-order valence-corrected chi connectivity index (χ2v) is 11.7. The van der Waals surface area contributed by atoms with E-state index in [-0.39, 0.29) is 24.6 Å². The van der Waals surface area contributed by atoms with Crippen LogP contribution in [0.25, 0.3) is 0 Å². The van der Waals surface area contributed by atoms with Crippen molar-refractivity contribution in [3.8, 4) is 5.75 Å². The van der Waals surface area contributed by atoms with Crippen molar-refractivity contribution in [2.75, 3.05) is 31.3 Å². The Kier molecular flexibility index (Phi) is 9.93. The molecule has 3 aromatic carbocycles. The predicted molar refractivity (Wildman–Crippen MR) is 153 cm³/mol. The number of nitrogens with zero attached hydrogens (tertiary/aromatic N) is 2. The average Bonchev–Trinajstić information content (AvgIpc) is 2.88. The summed E-state index contributed by atoms with van der Waals surface area (Å²) >= 11 is 3.46. The summed E-state index contributed by atoms with van der Waals surface area (Å²) in [7, 11) is -0.930. The van der Waals surface area contributed by atoms with Crippen LogP contribution in [0.3, 0.4) is 0 Å². The predicted octanol–water partition coefficient (Wildman–Crippen LogP) is 3.92. The van der Waals surface area contributed by atoms with Crippen LogP contribution in [0.15, 0.2) is 77.3 Å². The molecule has 0 aromatic heterocycles. The number of rotatable bonds is 11. The molecule has 1 atom stereocenters. The van der Waals surface area contributed by atoms with Gasteiger partial charge in [-0.2, -0.15) is 0 Å². The van der Waals surface area contributed by atoms with Crippen LogP contribution < -0.4 is 14.4 Å². The number of sulfonamides is 1. The number of benzene rings is 3. The fourth-order valence-electron chi connectivity index (χ4n) is 4.14. The van der Waals surface area contributed by atoms with Gasteiger partial charge in [0.1, 0.15) is 18.3 Å². The Bertz CT molecular complexity index is 1380. The van der Waals surface area contributed by atoms with Gasteiger partial charge in [-0.05, 0) is 47.9 Å². The molecule has 0 bridgehead atoms. The Balaban J connectivity index is 2.07. The van der Waals surface area contributed by atoms with Crippen LogP contribution in [0, 0.1) is 6.92 Å². The number of carbonyl (C=O) groups excluding carboxylic acids is 2. The van der Waals surface area contributed by atoms with Gasteiger partial charge >= 0.3 is 0 Å². The molecule has 202 valence electrons. The lowest BCUT2D eigenvalue weighted by Gasteiger charge is -2.33. The molecule has 0 radical (unpaired) electrons. The van der Waals surface area contributed by atoms with Crippen LogP contribution in [-0.4, -0.2) is 58.1 Å². The molecule has 0 saturated heterocycles. The molecule has 0 spiro atoms.